The first-order valence-electron chi connectivity index (χ1n) is 5.48. The fourth-order valence-corrected chi connectivity index (χ4v) is 2.22. The molecule has 0 amide bonds. The lowest BCUT2D eigenvalue weighted by atomic mass is 10.3. The van der Waals surface area contributed by atoms with Crippen molar-refractivity contribution in [3.05, 3.63) is 12.1 Å². The summed E-state index contributed by atoms with van der Waals surface area (Å²) in [6.07, 6.45) is 1.68. The summed E-state index contributed by atoms with van der Waals surface area (Å²) in [6.45, 7) is 4.36. The Labute approximate surface area is 104 Å². The molecule has 0 fully saturated rings. The van der Waals surface area contributed by atoms with E-state index in [0.29, 0.717) is 29.7 Å². The van der Waals surface area contributed by atoms with E-state index in [2.05, 4.69) is 10.3 Å². The molecule has 2 atom stereocenters. The topological polar surface area (TPSA) is 77.2 Å². The van der Waals surface area contributed by atoms with E-state index >= 15 is 0 Å². The lowest BCUT2D eigenvalue weighted by Gasteiger charge is -2.14. The summed E-state index contributed by atoms with van der Waals surface area (Å²) in [5.74, 6) is 1.69. The van der Waals surface area contributed by atoms with Gasteiger partial charge in [0.2, 0.25) is 5.88 Å². The van der Waals surface area contributed by atoms with Crippen LogP contribution in [-0.2, 0) is 10.8 Å². The van der Waals surface area contributed by atoms with E-state index in [4.69, 9.17) is 10.5 Å². The van der Waals surface area contributed by atoms with Crippen LogP contribution in [0.1, 0.15) is 13.8 Å². The van der Waals surface area contributed by atoms with Crippen LogP contribution in [0.2, 0.25) is 0 Å². The summed E-state index contributed by atoms with van der Waals surface area (Å²) in [7, 11) is -0.829. The fraction of sp³-hybridized carbons (Fsp3) is 0.545. The first kappa shape index (κ1) is 13.8. The highest BCUT2D eigenvalue weighted by molar-refractivity contribution is 7.84. The number of hydrogen-bond donors (Lipinski definition) is 2. The molecule has 5 nitrogen and oxygen atoms in total. The van der Waals surface area contributed by atoms with Crippen LogP contribution in [0, 0.1) is 0 Å². The number of ether oxygens (including phenoxy) is 1. The maximum atomic E-state index is 11.1. The Balaban J connectivity index is 2.71. The molecule has 6 heteroatoms. The van der Waals surface area contributed by atoms with E-state index < -0.39 is 10.8 Å². The molecule has 0 spiro atoms. The third-order valence-electron chi connectivity index (χ3n) is 2.05. The van der Waals surface area contributed by atoms with Crippen LogP contribution in [0.4, 0.5) is 11.5 Å². The number of nitrogens with two attached hydrogens (primary N) is 1. The van der Waals surface area contributed by atoms with Crippen LogP contribution in [0.5, 0.6) is 5.88 Å². The molecule has 0 aliphatic heterocycles. The Morgan fingerprint density at radius 1 is 1.59 bits per heavy atom. The van der Waals surface area contributed by atoms with Crippen molar-refractivity contribution in [2.24, 2.45) is 0 Å². The van der Waals surface area contributed by atoms with Gasteiger partial charge < -0.3 is 15.8 Å². The highest BCUT2D eigenvalue weighted by Gasteiger charge is 2.08. The zero-order valence-corrected chi connectivity index (χ0v) is 11.2. The number of nitrogens with zero attached hydrogens (tertiary/aromatic N) is 1. The van der Waals surface area contributed by atoms with Gasteiger partial charge in [0, 0.05) is 28.9 Å². The van der Waals surface area contributed by atoms with Crippen molar-refractivity contribution >= 4 is 22.3 Å². The first-order chi connectivity index (χ1) is 8.02. The highest BCUT2D eigenvalue weighted by Crippen LogP contribution is 2.21. The van der Waals surface area contributed by atoms with Crippen molar-refractivity contribution in [3.63, 3.8) is 0 Å². The molecule has 0 aliphatic rings. The second-order valence-corrected chi connectivity index (χ2v) is 5.29. The monoisotopic (exact) mass is 257 g/mol. The molecule has 0 aromatic carbocycles. The molecule has 3 N–H and O–H groups in total. The molecular formula is C11H19N3O2S. The molecule has 0 bridgehead atoms. The lowest BCUT2D eigenvalue weighted by molar-refractivity contribution is 0.329. The van der Waals surface area contributed by atoms with Crippen LogP contribution < -0.4 is 15.8 Å². The molecule has 2 unspecified atom stereocenters. The zero-order valence-electron chi connectivity index (χ0n) is 10.4. The van der Waals surface area contributed by atoms with Gasteiger partial charge in [-0.15, -0.1) is 0 Å². The second-order valence-electron chi connectivity index (χ2n) is 3.81. The molecule has 1 rings (SSSR count). The maximum absolute atomic E-state index is 11.1. The second kappa shape index (κ2) is 6.44. The molecule has 96 valence electrons. The van der Waals surface area contributed by atoms with Gasteiger partial charge in [-0.05, 0) is 26.0 Å². The lowest BCUT2D eigenvalue weighted by Crippen LogP contribution is -2.23. The standard InChI is InChI=1S/C11H19N3O2S/c1-4-16-11-9(12)5-6-10(14-11)13-8(2)7-17(3)15/h5-6,8H,4,7,12H2,1-3H3,(H,13,14). The molecule has 1 aromatic heterocycles. The van der Waals surface area contributed by atoms with Gasteiger partial charge in [-0.25, -0.2) is 0 Å². The minimum Gasteiger partial charge on any atom is -0.476 e. The summed E-state index contributed by atoms with van der Waals surface area (Å²) >= 11 is 0. The zero-order chi connectivity index (χ0) is 12.8. The minimum atomic E-state index is -0.829. The summed E-state index contributed by atoms with van der Waals surface area (Å²) in [4.78, 5) is 4.25. The fourth-order valence-electron chi connectivity index (χ4n) is 1.43. The summed E-state index contributed by atoms with van der Waals surface area (Å²) in [5.41, 5.74) is 6.24. The number of nitrogen functional groups attached to an aromatic ring is 1. The Hall–Kier alpha value is -1.30. The molecular weight excluding hydrogens is 238 g/mol. The quantitative estimate of drug-likeness (QED) is 0.802. The number of rotatable bonds is 6. The van der Waals surface area contributed by atoms with Gasteiger partial charge in [0.25, 0.3) is 0 Å². The predicted molar refractivity (Wildman–Crippen MR) is 71.8 cm³/mol. The van der Waals surface area contributed by atoms with Crippen molar-refractivity contribution in [2.75, 3.05) is 29.7 Å². The summed E-state index contributed by atoms with van der Waals surface area (Å²) in [6, 6.07) is 3.62. The minimum absolute atomic E-state index is 0.0893. The molecule has 0 radical (unpaired) electrons. The predicted octanol–water partition coefficient (Wildman–Crippen LogP) is 1.24. The average Bonchev–Trinajstić information content (AvgIpc) is 2.22. The smallest absolute Gasteiger partial charge is 0.239 e. The number of nitrogens with one attached hydrogen (secondary N) is 1. The Bertz CT molecular complexity index is 398. The van der Waals surface area contributed by atoms with Gasteiger partial charge in [0.05, 0.1) is 12.3 Å². The average molecular weight is 257 g/mol. The maximum Gasteiger partial charge on any atom is 0.239 e. The highest BCUT2D eigenvalue weighted by atomic mass is 32.2. The van der Waals surface area contributed by atoms with E-state index in [9.17, 15) is 4.21 Å². The van der Waals surface area contributed by atoms with Crippen molar-refractivity contribution < 1.29 is 8.95 Å². The molecule has 0 saturated heterocycles. The first-order valence-corrected chi connectivity index (χ1v) is 7.21. The van der Waals surface area contributed by atoms with Crippen LogP contribution in [0.3, 0.4) is 0 Å². The van der Waals surface area contributed by atoms with Gasteiger partial charge >= 0.3 is 0 Å². The number of aromatic nitrogens is 1. The van der Waals surface area contributed by atoms with Gasteiger partial charge in [-0.3, -0.25) is 4.21 Å². The molecule has 17 heavy (non-hydrogen) atoms. The Kier molecular flexibility index (Phi) is 5.21. The third kappa shape index (κ3) is 4.60. The molecule has 0 aliphatic carbocycles. The summed E-state index contributed by atoms with van der Waals surface area (Å²) in [5, 5.41) is 3.16. The van der Waals surface area contributed by atoms with Crippen LogP contribution in [0.25, 0.3) is 0 Å². The van der Waals surface area contributed by atoms with Gasteiger partial charge in [-0.1, -0.05) is 0 Å². The van der Waals surface area contributed by atoms with Crippen LogP contribution in [-0.4, -0.2) is 33.9 Å². The van der Waals surface area contributed by atoms with Crippen LogP contribution >= 0.6 is 0 Å². The van der Waals surface area contributed by atoms with E-state index in [-0.39, 0.29) is 6.04 Å². The van der Waals surface area contributed by atoms with E-state index in [1.54, 1.807) is 18.4 Å². The van der Waals surface area contributed by atoms with Crippen molar-refractivity contribution in [1.82, 2.24) is 4.98 Å². The number of hydrogen-bond acceptors (Lipinski definition) is 5. The van der Waals surface area contributed by atoms with E-state index in [0.717, 1.165) is 0 Å². The summed E-state index contributed by atoms with van der Waals surface area (Å²) < 4.78 is 16.4. The normalized spacial score (nSPS) is 14.1. The van der Waals surface area contributed by atoms with Crippen molar-refractivity contribution in [1.29, 1.82) is 0 Å². The van der Waals surface area contributed by atoms with Crippen LogP contribution in [0.15, 0.2) is 12.1 Å². The van der Waals surface area contributed by atoms with Gasteiger partial charge in [0.15, 0.2) is 0 Å². The largest absolute Gasteiger partial charge is 0.476 e. The van der Waals surface area contributed by atoms with Crippen molar-refractivity contribution in [2.45, 2.75) is 19.9 Å². The molecule has 1 aromatic rings. The Morgan fingerprint density at radius 3 is 2.88 bits per heavy atom. The molecule has 1 heterocycles. The third-order valence-corrected chi connectivity index (χ3v) is 3.02. The number of anilines is 2. The molecule has 0 saturated carbocycles. The SMILES string of the molecule is CCOc1nc(NC(C)CS(C)=O)ccc1N. The van der Waals surface area contributed by atoms with Gasteiger partial charge in [0.1, 0.15) is 5.82 Å². The van der Waals surface area contributed by atoms with E-state index in [1.165, 1.54) is 0 Å². The van der Waals surface area contributed by atoms with Crippen molar-refractivity contribution in [3.8, 4) is 5.88 Å². The Morgan fingerprint density at radius 2 is 2.29 bits per heavy atom. The number of pyridine rings is 1. The van der Waals surface area contributed by atoms with Gasteiger partial charge in [-0.2, -0.15) is 4.98 Å². The van der Waals surface area contributed by atoms with E-state index in [1.807, 2.05) is 13.8 Å².